The summed E-state index contributed by atoms with van der Waals surface area (Å²) in [6.45, 7) is 6.58. The van der Waals surface area contributed by atoms with Gasteiger partial charge in [0.15, 0.2) is 5.65 Å². The van der Waals surface area contributed by atoms with Crippen LogP contribution < -0.4 is 0 Å². The number of carbonyl (C=O) groups excluding carboxylic acids is 1. The number of rotatable bonds is 3. The molecule has 3 aromatic rings. The van der Waals surface area contributed by atoms with Gasteiger partial charge >= 0.3 is 0 Å². The van der Waals surface area contributed by atoms with Crippen molar-refractivity contribution < 1.29 is 9.32 Å². The van der Waals surface area contributed by atoms with Crippen molar-refractivity contribution in [2.45, 2.75) is 52.0 Å². The predicted molar refractivity (Wildman–Crippen MR) is 95.9 cm³/mol. The number of amides is 1. The van der Waals surface area contributed by atoms with Gasteiger partial charge in [-0.1, -0.05) is 19.0 Å². The Morgan fingerprint density at radius 3 is 2.96 bits per heavy atom. The number of hydrogen-bond donors (Lipinski definition) is 0. The second kappa shape index (κ2) is 6.55. The van der Waals surface area contributed by atoms with Gasteiger partial charge in [0.2, 0.25) is 0 Å². The number of nitrogens with zero attached hydrogens (tertiary/aromatic N) is 5. The average Bonchev–Trinajstić information content (AvgIpc) is 3.26. The molecule has 1 saturated heterocycles. The van der Waals surface area contributed by atoms with Gasteiger partial charge in [0.25, 0.3) is 5.91 Å². The van der Waals surface area contributed by atoms with Crippen molar-refractivity contribution in [1.82, 2.24) is 24.7 Å². The van der Waals surface area contributed by atoms with Crippen LogP contribution in [-0.2, 0) is 0 Å². The standard InChI is InChI=1S/C19H23N5O2/c1-12(2)18-17(13(3)26-22-18)19(25)23-10-5-4-6-15(23)14-8-11-24-16(21-14)7-9-20-24/h7-9,11-12,15H,4-6,10H2,1-3H3/t15-/m0/s1. The Hall–Kier alpha value is -2.70. The normalized spacial score (nSPS) is 18.0. The third-order valence-electron chi connectivity index (χ3n) is 5.03. The summed E-state index contributed by atoms with van der Waals surface area (Å²) in [6, 6.07) is 3.80. The summed E-state index contributed by atoms with van der Waals surface area (Å²) in [7, 11) is 0. The van der Waals surface area contributed by atoms with E-state index in [2.05, 4.69) is 10.3 Å². The van der Waals surface area contributed by atoms with E-state index in [0.717, 1.165) is 42.8 Å². The lowest BCUT2D eigenvalue weighted by molar-refractivity contribution is 0.0603. The zero-order valence-corrected chi connectivity index (χ0v) is 15.3. The number of likely N-dealkylation sites (tertiary alicyclic amines) is 1. The van der Waals surface area contributed by atoms with Crippen LogP contribution in [0.25, 0.3) is 5.65 Å². The van der Waals surface area contributed by atoms with E-state index in [0.29, 0.717) is 11.3 Å². The molecule has 1 atom stereocenters. The van der Waals surface area contributed by atoms with Crippen molar-refractivity contribution in [2.24, 2.45) is 0 Å². The molecule has 0 bridgehead atoms. The largest absolute Gasteiger partial charge is 0.361 e. The molecule has 0 aliphatic carbocycles. The lowest BCUT2D eigenvalue weighted by Gasteiger charge is -2.35. The summed E-state index contributed by atoms with van der Waals surface area (Å²) < 4.78 is 7.07. The van der Waals surface area contributed by atoms with Gasteiger partial charge < -0.3 is 9.42 Å². The van der Waals surface area contributed by atoms with E-state index in [1.54, 1.807) is 10.7 Å². The van der Waals surface area contributed by atoms with Gasteiger partial charge in [-0.15, -0.1) is 0 Å². The monoisotopic (exact) mass is 353 g/mol. The van der Waals surface area contributed by atoms with Crippen LogP contribution >= 0.6 is 0 Å². The molecule has 7 heteroatoms. The highest BCUT2D eigenvalue weighted by Gasteiger charge is 2.33. The molecule has 0 unspecified atom stereocenters. The molecule has 4 rings (SSSR count). The van der Waals surface area contributed by atoms with Crippen LogP contribution in [0.1, 0.15) is 72.6 Å². The van der Waals surface area contributed by atoms with Crippen LogP contribution in [0.2, 0.25) is 0 Å². The lowest BCUT2D eigenvalue weighted by atomic mass is 9.96. The first-order valence-corrected chi connectivity index (χ1v) is 9.13. The summed E-state index contributed by atoms with van der Waals surface area (Å²) in [5.41, 5.74) is 3.05. The Balaban J connectivity index is 1.71. The minimum atomic E-state index is -0.0366. The van der Waals surface area contributed by atoms with E-state index in [1.807, 2.05) is 44.0 Å². The second-order valence-electron chi connectivity index (χ2n) is 7.15. The van der Waals surface area contributed by atoms with Crippen LogP contribution in [0.15, 0.2) is 29.0 Å². The molecule has 0 aromatic carbocycles. The number of aryl methyl sites for hydroxylation is 1. The van der Waals surface area contributed by atoms with Gasteiger partial charge in [0.05, 0.1) is 23.6 Å². The van der Waals surface area contributed by atoms with E-state index in [-0.39, 0.29) is 17.9 Å². The molecule has 0 spiro atoms. The summed E-state index contributed by atoms with van der Waals surface area (Å²) in [4.78, 5) is 20.0. The van der Waals surface area contributed by atoms with Crippen molar-refractivity contribution in [3.05, 3.63) is 47.2 Å². The molecule has 0 radical (unpaired) electrons. The Morgan fingerprint density at radius 1 is 1.31 bits per heavy atom. The van der Waals surface area contributed by atoms with Crippen molar-refractivity contribution in [3.8, 4) is 0 Å². The zero-order chi connectivity index (χ0) is 18.3. The van der Waals surface area contributed by atoms with Crippen LogP contribution in [0, 0.1) is 6.92 Å². The first kappa shape index (κ1) is 16.8. The molecule has 1 amide bonds. The Bertz CT molecular complexity index is 942. The number of carbonyl (C=O) groups is 1. The average molecular weight is 353 g/mol. The Labute approximate surface area is 152 Å². The molecule has 26 heavy (non-hydrogen) atoms. The van der Waals surface area contributed by atoms with Gasteiger partial charge in [-0.25, -0.2) is 9.50 Å². The van der Waals surface area contributed by atoms with E-state index in [9.17, 15) is 4.79 Å². The smallest absolute Gasteiger partial charge is 0.259 e. The predicted octanol–water partition coefficient (Wildman–Crippen LogP) is 3.52. The number of piperidine rings is 1. The fourth-order valence-corrected chi connectivity index (χ4v) is 3.68. The number of aromatic nitrogens is 4. The van der Waals surface area contributed by atoms with Crippen LogP contribution in [-0.4, -0.2) is 37.1 Å². The highest BCUT2D eigenvalue weighted by molar-refractivity contribution is 5.96. The van der Waals surface area contributed by atoms with Gasteiger partial charge in [-0.2, -0.15) is 5.10 Å². The molecular weight excluding hydrogens is 330 g/mol. The Morgan fingerprint density at radius 2 is 2.15 bits per heavy atom. The van der Waals surface area contributed by atoms with E-state index in [1.165, 1.54) is 0 Å². The maximum absolute atomic E-state index is 13.4. The molecule has 136 valence electrons. The number of fused-ring (bicyclic) bond motifs is 1. The highest BCUT2D eigenvalue weighted by atomic mass is 16.5. The maximum Gasteiger partial charge on any atom is 0.259 e. The lowest BCUT2D eigenvalue weighted by Crippen LogP contribution is -2.39. The molecule has 3 aromatic heterocycles. The topological polar surface area (TPSA) is 76.5 Å². The van der Waals surface area contributed by atoms with Crippen molar-refractivity contribution >= 4 is 11.6 Å². The fourth-order valence-electron chi connectivity index (χ4n) is 3.68. The van der Waals surface area contributed by atoms with E-state index >= 15 is 0 Å². The van der Waals surface area contributed by atoms with Crippen molar-refractivity contribution in [3.63, 3.8) is 0 Å². The Kier molecular flexibility index (Phi) is 4.22. The van der Waals surface area contributed by atoms with E-state index < -0.39 is 0 Å². The third kappa shape index (κ3) is 2.77. The molecule has 4 heterocycles. The van der Waals surface area contributed by atoms with Gasteiger partial charge in [0, 0.05) is 18.8 Å². The summed E-state index contributed by atoms with van der Waals surface area (Å²) in [5.74, 6) is 0.713. The summed E-state index contributed by atoms with van der Waals surface area (Å²) >= 11 is 0. The maximum atomic E-state index is 13.4. The van der Waals surface area contributed by atoms with Gasteiger partial charge in [0.1, 0.15) is 11.3 Å². The van der Waals surface area contributed by atoms with Crippen molar-refractivity contribution in [1.29, 1.82) is 0 Å². The van der Waals surface area contributed by atoms with Gasteiger partial charge in [-0.3, -0.25) is 4.79 Å². The minimum Gasteiger partial charge on any atom is -0.361 e. The molecule has 7 nitrogen and oxygen atoms in total. The fraction of sp³-hybridized carbons (Fsp3) is 0.474. The molecule has 1 aliphatic heterocycles. The van der Waals surface area contributed by atoms with Crippen LogP contribution in [0.4, 0.5) is 0 Å². The first-order chi connectivity index (χ1) is 12.6. The quantitative estimate of drug-likeness (QED) is 0.720. The highest BCUT2D eigenvalue weighted by Crippen LogP contribution is 2.33. The summed E-state index contributed by atoms with van der Waals surface area (Å²) in [6.07, 6.45) is 6.62. The zero-order valence-electron chi connectivity index (χ0n) is 15.3. The molecular formula is C19H23N5O2. The first-order valence-electron chi connectivity index (χ1n) is 9.13. The number of hydrogen-bond acceptors (Lipinski definition) is 5. The molecule has 1 fully saturated rings. The van der Waals surface area contributed by atoms with Gasteiger partial charge in [-0.05, 0) is 38.2 Å². The molecule has 0 N–H and O–H groups in total. The van der Waals surface area contributed by atoms with Crippen LogP contribution in [0.5, 0.6) is 0 Å². The summed E-state index contributed by atoms with van der Waals surface area (Å²) in [5, 5.41) is 8.31. The second-order valence-corrected chi connectivity index (χ2v) is 7.15. The van der Waals surface area contributed by atoms with E-state index in [4.69, 9.17) is 9.51 Å². The molecule has 0 saturated carbocycles. The minimum absolute atomic E-state index is 0.00710. The molecule has 1 aliphatic rings. The third-order valence-corrected chi connectivity index (χ3v) is 5.03. The van der Waals surface area contributed by atoms with Crippen molar-refractivity contribution in [2.75, 3.05) is 6.54 Å². The SMILES string of the molecule is Cc1onc(C(C)C)c1C(=O)N1CCCC[C@H]1c1ccn2nccc2n1. The van der Waals surface area contributed by atoms with Crippen LogP contribution in [0.3, 0.4) is 0 Å².